The first-order valence-corrected chi connectivity index (χ1v) is 3.99. The van der Waals surface area contributed by atoms with E-state index in [1.807, 2.05) is 51.1 Å². The Labute approximate surface area is 122 Å². The minimum absolute atomic E-state index is 0. The number of hydrogen-bond acceptors (Lipinski definition) is 2. The molecule has 0 aromatic heterocycles. The van der Waals surface area contributed by atoms with Crippen LogP contribution in [-0.2, 0) is 4.89 Å². The van der Waals surface area contributed by atoms with Crippen molar-refractivity contribution in [2.45, 2.75) is 26.4 Å². The van der Waals surface area contributed by atoms with Crippen molar-refractivity contribution in [2.75, 3.05) is 0 Å². The summed E-state index contributed by atoms with van der Waals surface area (Å²) in [6.07, 6.45) is 0. The van der Waals surface area contributed by atoms with Crippen molar-refractivity contribution >= 4 is 51.4 Å². The van der Waals surface area contributed by atoms with Crippen molar-refractivity contribution < 1.29 is 9.78 Å². The van der Waals surface area contributed by atoms with Gasteiger partial charge < -0.3 is 4.89 Å². The molecule has 0 saturated carbocycles. The first-order chi connectivity index (χ1) is 5.58. The SMILES string of the molecule is CC(C)(C)OOc1ccccc1.[KH]. The summed E-state index contributed by atoms with van der Waals surface area (Å²) in [6, 6.07) is 9.45. The number of benzene rings is 1. The van der Waals surface area contributed by atoms with Gasteiger partial charge in [0.15, 0.2) is 5.75 Å². The molecule has 68 valence electrons. The van der Waals surface area contributed by atoms with E-state index in [1.54, 1.807) is 0 Å². The van der Waals surface area contributed by atoms with Crippen molar-refractivity contribution in [3.8, 4) is 5.75 Å². The first-order valence-electron chi connectivity index (χ1n) is 3.99. The molecule has 0 radical (unpaired) electrons. The van der Waals surface area contributed by atoms with Gasteiger partial charge in [0.1, 0.15) is 5.60 Å². The molecule has 0 spiro atoms. The summed E-state index contributed by atoms with van der Waals surface area (Å²) in [5, 5.41) is 0. The molecule has 0 heterocycles. The van der Waals surface area contributed by atoms with E-state index in [1.165, 1.54) is 0 Å². The third-order valence-electron chi connectivity index (χ3n) is 1.13. The van der Waals surface area contributed by atoms with Crippen molar-refractivity contribution in [1.82, 2.24) is 0 Å². The van der Waals surface area contributed by atoms with Crippen molar-refractivity contribution in [3.05, 3.63) is 30.3 Å². The zero-order valence-corrected chi connectivity index (χ0v) is 7.70. The van der Waals surface area contributed by atoms with Gasteiger partial charge in [-0.05, 0) is 32.9 Å². The van der Waals surface area contributed by atoms with Crippen LogP contribution in [0.25, 0.3) is 0 Å². The Morgan fingerprint density at radius 1 is 1.00 bits per heavy atom. The molecule has 0 atom stereocenters. The van der Waals surface area contributed by atoms with Gasteiger partial charge in [0.05, 0.1) is 0 Å². The monoisotopic (exact) mass is 206 g/mol. The minimum atomic E-state index is -0.268. The fraction of sp³-hybridized carbons (Fsp3) is 0.400. The Balaban J connectivity index is 0.00000144. The van der Waals surface area contributed by atoms with Crippen LogP contribution < -0.4 is 4.89 Å². The van der Waals surface area contributed by atoms with Gasteiger partial charge in [0.25, 0.3) is 0 Å². The summed E-state index contributed by atoms with van der Waals surface area (Å²) in [6.45, 7) is 5.82. The Morgan fingerprint density at radius 3 is 2.00 bits per heavy atom. The second-order valence-electron chi connectivity index (χ2n) is 3.59. The maximum absolute atomic E-state index is 5.12. The average Bonchev–Trinajstić information content (AvgIpc) is 2.02. The predicted molar refractivity (Wildman–Crippen MR) is 55.1 cm³/mol. The third kappa shape index (κ3) is 6.66. The molecule has 0 fully saturated rings. The zero-order valence-electron chi connectivity index (χ0n) is 7.70. The normalized spacial score (nSPS) is 10.4. The summed E-state index contributed by atoms with van der Waals surface area (Å²) in [4.78, 5) is 10.2. The van der Waals surface area contributed by atoms with Gasteiger partial charge in [-0.1, -0.05) is 18.2 Å². The van der Waals surface area contributed by atoms with Crippen LogP contribution >= 0.6 is 0 Å². The molecule has 0 unspecified atom stereocenters. The predicted octanol–water partition coefficient (Wildman–Crippen LogP) is 2.15. The number of para-hydroxylation sites is 1. The summed E-state index contributed by atoms with van der Waals surface area (Å²) < 4.78 is 0. The molecule has 1 aromatic carbocycles. The van der Waals surface area contributed by atoms with Crippen LogP contribution in [-0.4, -0.2) is 57.0 Å². The maximum atomic E-state index is 5.12. The van der Waals surface area contributed by atoms with Gasteiger partial charge in [-0.3, -0.25) is 0 Å². The van der Waals surface area contributed by atoms with E-state index >= 15 is 0 Å². The van der Waals surface area contributed by atoms with E-state index in [-0.39, 0.29) is 57.0 Å². The summed E-state index contributed by atoms with van der Waals surface area (Å²) >= 11 is 0. The number of hydrogen-bond donors (Lipinski definition) is 0. The molecular formula is C10H15KO2. The van der Waals surface area contributed by atoms with Crippen LogP contribution in [0.3, 0.4) is 0 Å². The Hall–Kier alpha value is 0.616. The quantitative estimate of drug-likeness (QED) is 0.419. The summed E-state index contributed by atoms with van der Waals surface area (Å²) in [5.74, 6) is 0.729. The molecule has 0 aliphatic carbocycles. The van der Waals surface area contributed by atoms with Crippen LogP contribution in [0.5, 0.6) is 5.75 Å². The Morgan fingerprint density at radius 2 is 1.54 bits per heavy atom. The van der Waals surface area contributed by atoms with Crippen LogP contribution in [0.1, 0.15) is 20.8 Å². The number of rotatable bonds is 2. The fourth-order valence-electron chi connectivity index (χ4n) is 0.649. The van der Waals surface area contributed by atoms with Crippen LogP contribution in [0.15, 0.2) is 30.3 Å². The molecular weight excluding hydrogens is 191 g/mol. The van der Waals surface area contributed by atoms with E-state index < -0.39 is 0 Å². The third-order valence-corrected chi connectivity index (χ3v) is 1.13. The van der Waals surface area contributed by atoms with Crippen molar-refractivity contribution in [1.29, 1.82) is 0 Å². The van der Waals surface area contributed by atoms with E-state index in [2.05, 4.69) is 0 Å². The van der Waals surface area contributed by atoms with Crippen molar-refractivity contribution in [2.24, 2.45) is 0 Å². The molecule has 0 aliphatic heterocycles. The van der Waals surface area contributed by atoms with E-state index in [4.69, 9.17) is 9.78 Å². The molecule has 1 aromatic rings. The molecule has 1 rings (SSSR count). The van der Waals surface area contributed by atoms with E-state index in [9.17, 15) is 0 Å². The van der Waals surface area contributed by atoms with Gasteiger partial charge in [-0.15, -0.1) is 0 Å². The van der Waals surface area contributed by atoms with Crippen LogP contribution in [0.2, 0.25) is 0 Å². The second-order valence-corrected chi connectivity index (χ2v) is 3.59. The topological polar surface area (TPSA) is 18.5 Å². The molecule has 3 heteroatoms. The second kappa shape index (κ2) is 6.17. The van der Waals surface area contributed by atoms with E-state index in [0.717, 1.165) is 5.75 Å². The van der Waals surface area contributed by atoms with Gasteiger partial charge in [-0.2, -0.15) is 4.89 Å². The molecule has 0 saturated heterocycles. The van der Waals surface area contributed by atoms with Gasteiger partial charge in [-0.25, -0.2) is 0 Å². The average molecular weight is 206 g/mol. The molecule has 0 N–H and O–H groups in total. The van der Waals surface area contributed by atoms with Crippen LogP contribution in [0, 0.1) is 0 Å². The summed E-state index contributed by atoms with van der Waals surface area (Å²) in [5.41, 5.74) is -0.268. The molecule has 2 nitrogen and oxygen atoms in total. The zero-order chi connectivity index (χ0) is 9.03. The molecule has 0 aliphatic rings. The summed E-state index contributed by atoms with van der Waals surface area (Å²) in [7, 11) is 0. The molecule has 13 heavy (non-hydrogen) atoms. The van der Waals surface area contributed by atoms with Gasteiger partial charge >= 0.3 is 51.4 Å². The Kier molecular flexibility index (Phi) is 6.46. The standard InChI is InChI=1S/C10H14O2.K.H/c1-10(2,3)12-11-9-7-5-4-6-8-9;;/h4-8H,1-3H3;;. The van der Waals surface area contributed by atoms with Crippen LogP contribution in [0.4, 0.5) is 0 Å². The molecule has 0 bridgehead atoms. The first kappa shape index (κ1) is 13.6. The fourth-order valence-corrected chi connectivity index (χ4v) is 0.649. The Bertz CT molecular complexity index is 228. The van der Waals surface area contributed by atoms with Gasteiger partial charge in [0, 0.05) is 0 Å². The molecule has 0 amide bonds. The van der Waals surface area contributed by atoms with Gasteiger partial charge in [0.2, 0.25) is 0 Å². The van der Waals surface area contributed by atoms with Crippen molar-refractivity contribution in [3.63, 3.8) is 0 Å². The van der Waals surface area contributed by atoms with E-state index in [0.29, 0.717) is 0 Å².